The predicted octanol–water partition coefficient (Wildman–Crippen LogP) is 1.26. The van der Waals surface area contributed by atoms with Gasteiger partial charge in [-0.3, -0.25) is 14.6 Å². The predicted molar refractivity (Wildman–Crippen MR) is 125 cm³/mol. The number of benzene rings is 1. The van der Waals surface area contributed by atoms with Gasteiger partial charge in [0.1, 0.15) is 11.2 Å². The number of pyridine rings is 1. The highest BCUT2D eigenvalue weighted by molar-refractivity contribution is 5.93. The molecule has 31 heavy (non-hydrogen) atoms. The summed E-state index contributed by atoms with van der Waals surface area (Å²) in [6.07, 6.45) is 3.17. The number of piperidine rings is 1. The van der Waals surface area contributed by atoms with Gasteiger partial charge in [-0.15, -0.1) is 24.8 Å². The Morgan fingerprint density at radius 1 is 1.06 bits per heavy atom. The molecule has 2 amide bonds. The van der Waals surface area contributed by atoms with Gasteiger partial charge in [-0.05, 0) is 37.1 Å². The number of carbonyl (C=O) groups is 2. The van der Waals surface area contributed by atoms with E-state index < -0.39 is 5.54 Å². The minimum atomic E-state index is -0.463. The fraction of sp³-hybridized carbons (Fsp3) is 0.381. The van der Waals surface area contributed by atoms with Gasteiger partial charge in [-0.2, -0.15) is 0 Å². The Morgan fingerprint density at radius 2 is 1.74 bits per heavy atom. The first-order chi connectivity index (χ1) is 13.7. The molecule has 2 fully saturated rings. The summed E-state index contributed by atoms with van der Waals surface area (Å²) >= 11 is 0. The smallest absolute Gasteiger partial charge is 0.269 e. The highest BCUT2D eigenvalue weighted by atomic mass is 35.5. The lowest BCUT2D eigenvalue weighted by Crippen LogP contribution is -2.57. The largest absolute Gasteiger partial charge is 0.412 e. The van der Waals surface area contributed by atoms with Crippen LogP contribution >= 0.6 is 24.8 Å². The summed E-state index contributed by atoms with van der Waals surface area (Å²) in [5.74, 6) is -0.0287. The molecule has 1 aromatic carbocycles. The first-order valence-corrected chi connectivity index (χ1v) is 9.72. The van der Waals surface area contributed by atoms with Gasteiger partial charge >= 0.3 is 0 Å². The van der Waals surface area contributed by atoms with E-state index in [1.165, 1.54) is 0 Å². The number of hydrogen-bond donors (Lipinski definition) is 2. The van der Waals surface area contributed by atoms with Gasteiger partial charge in [-0.25, -0.2) is 0 Å². The average Bonchev–Trinajstić information content (AvgIpc) is 3.06. The molecule has 0 unspecified atom stereocenters. The third-order valence-corrected chi connectivity index (χ3v) is 5.70. The summed E-state index contributed by atoms with van der Waals surface area (Å²) in [7, 11) is 0. The molecule has 4 N–H and O–H groups in total. The van der Waals surface area contributed by atoms with Gasteiger partial charge in [0.05, 0.1) is 6.67 Å². The van der Waals surface area contributed by atoms with E-state index in [4.69, 9.17) is 0 Å². The third kappa shape index (κ3) is 5.65. The minimum absolute atomic E-state index is 0. The quantitative estimate of drug-likeness (QED) is 0.684. The van der Waals surface area contributed by atoms with Crippen molar-refractivity contribution < 1.29 is 15.1 Å². The summed E-state index contributed by atoms with van der Waals surface area (Å²) in [5, 5.41) is 5.94. The Bertz CT molecular complexity index is 833. The summed E-state index contributed by atoms with van der Waals surface area (Å²) in [5.41, 5.74) is 1.05. The van der Waals surface area contributed by atoms with Crippen LogP contribution in [0.2, 0.25) is 0 Å². The van der Waals surface area contributed by atoms with Crippen LogP contribution < -0.4 is 15.5 Å². The molecule has 3 heterocycles. The van der Waals surface area contributed by atoms with Crippen molar-refractivity contribution in [3.8, 4) is 0 Å². The number of aromatic nitrogens is 1. The molecule has 1 aromatic heterocycles. The van der Waals surface area contributed by atoms with Crippen LogP contribution in [0, 0.1) is 0 Å². The van der Waals surface area contributed by atoms with Gasteiger partial charge in [-0.1, -0.05) is 24.3 Å². The molecule has 0 saturated carbocycles. The van der Waals surface area contributed by atoms with Gasteiger partial charge in [0.25, 0.3) is 5.91 Å². The van der Waals surface area contributed by atoms with Crippen LogP contribution in [-0.4, -0.2) is 65.6 Å². The average molecular weight is 470 g/mol. The van der Waals surface area contributed by atoms with Crippen molar-refractivity contribution in [2.75, 3.05) is 37.7 Å². The fourth-order valence-electron chi connectivity index (χ4n) is 4.09. The van der Waals surface area contributed by atoms with Gasteiger partial charge in [0.15, 0.2) is 0 Å². The van der Waals surface area contributed by atoms with E-state index >= 15 is 0 Å². The van der Waals surface area contributed by atoms with Crippen molar-refractivity contribution in [2.45, 2.75) is 18.4 Å². The first kappa shape index (κ1) is 26.6. The maximum Gasteiger partial charge on any atom is 0.269 e. The number of amides is 2. The zero-order valence-corrected chi connectivity index (χ0v) is 18.8. The number of nitrogens with one attached hydrogen (secondary N) is 2. The van der Waals surface area contributed by atoms with E-state index in [0.29, 0.717) is 18.9 Å². The Hall–Kier alpha value is -2.39. The normalized spacial score (nSPS) is 17.0. The van der Waals surface area contributed by atoms with Crippen LogP contribution in [0.3, 0.4) is 0 Å². The number of para-hydroxylation sites is 1. The SMILES string of the molecule is Cl.Cl.O.O=C(NCCN1CCC2(CC1)C(=O)NCN2c1ccccc1)c1ccccn1. The third-order valence-electron chi connectivity index (χ3n) is 5.70. The lowest BCUT2D eigenvalue weighted by molar-refractivity contribution is -0.125. The topological polar surface area (TPSA) is 109 Å². The molecule has 2 aliphatic heterocycles. The maximum atomic E-state index is 12.7. The zero-order chi connectivity index (χ0) is 19.4. The molecule has 2 saturated heterocycles. The van der Waals surface area contributed by atoms with Crippen LogP contribution in [0.15, 0.2) is 54.7 Å². The molecule has 4 rings (SSSR count). The van der Waals surface area contributed by atoms with Crippen molar-refractivity contribution >= 4 is 42.3 Å². The monoisotopic (exact) mass is 469 g/mol. The number of rotatable bonds is 5. The second-order valence-corrected chi connectivity index (χ2v) is 7.27. The van der Waals surface area contributed by atoms with Crippen molar-refractivity contribution in [2.24, 2.45) is 0 Å². The highest BCUT2D eigenvalue weighted by Gasteiger charge is 2.50. The first-order valence-electron chi connectivity index (χ1n) is 9.72. The molecule has 2 aromatic rings. The van der Waals surface area contributed by atoms with Gasteiger partial charge in [0, 0.05) is 38.1 Å². The summed E-state index contributed by atoms with van der Waals surface area (Å²) in [4.78, 5) is 33.3. The molecule has 8 nitrogen and oxygen atoms in total. The second kappa shape index (κ2) is 11.9. The zero-order valence-electron chi connectivity index (χ0n) is 17.1. The van der Waals surface area contributed by atoms with E-state index in [1.807, 2.05) is 18.2 Å². The standard InChI is InChI=1S/C21H25N5O2.2ClH.H2O/c27-19(18-8-4-5-11-22-18)23-12-15-25-13-9-21(10-14-25)20(28)24-16-26(21)17-6-2-1-3-7-17;;;/h1-8,11H,9-10,12-16H2,(H,23,27)(H,24,28);2*1H;1H2. The van der Waals surface area contributed by atoms with Crippen LogP contribution in [0.25, 0.3) is 0 Å². The molecule has 170 valence electrons. The van der Waals surface area contributed by atoms with E-state index in [0.717, 1.165) is 38.2 Å². The van der Waals surface area contributed by atoms with Crippen molar-refractivity contribution in [1.82, 2.24) is 20.5 Å². The Labute approximate surface area is 194 Å². The minimum Gasteiger partial charge on any atom is -0.412 e. The van der Waals surface area contributed by atoms with Gasteiger partial charge < -0.3 is 25.9 Å². The number of halogens is 2. The van der Waals surface area contributed by atoms with Crippen LogP contribution in [0.4, 0.5) is 5.69 Å². The molecule has 2 aliphatic rings. The Morgan fingerprint density at radius 3 is 2.39 bits per heavy atom. The van der Waals surface area contributed by atoms with E-state index in [1.54, 1.807) is 24.4 Å². The lowest BCUT2D eigenvalue weighted by Gasteiger charge is -2.43. The Kier molecular flexibility index (Phi) is 10.2. The maximum absolute atomic E-state index is 12.7. The summed E-state index contributed by atoms with van der Waals surface area (Å²) in [6.45, 7) is 3.55. The number of carbonyl (C=O) groups excluding carboxylic acids is 2. The molecule has 10 heteroatoms. The van der Waals surface area contributed by atoms with Gasteiger partial charge in [0.2, 0.25) is 5.91 Å². The molecular weight excluding hydrogens is 441 g/mol. The fourth-order valence-corrected chi connectivity index (χ4v) is 4.09. The number of nitrogens with zero attached hydrogens (tertiary/aromatic N) is 3. The van der Waals surface area contributed by atoms with Crippen molar-refractivity contribution in [3.05, 3.63) is 60.4 Å². The second-order valence-electron chi connectivity index (χ2n) is 7.27. The lowest BCUT2D eigenvalue weighted by atomic mass is 9.85. The van der Waals surface area contributed by atoms with Crippen LogP contribution in [-0.2, 0) is 4.79 Å². The number of likely N-dealkylation sites (tertiary alicyclic amines) is 1. The number of hydrogen-bond acceptors (Lipinski definition) is 5. The molecule has 0 atom stereocenters. The Balaban J connectivity index is 0.00000160. The molecular formula is C21H29Cl2N5O3. The molecule has 0 radical (unpaired) electrons. The summed E-state index contributed by atoms with van der Waals surface area (Å²) < 4.78 is 0. The van der Waals surface area contributed by atoms with Crippen LogP contribution in [0.5, 0.6) is 0 Å². The molecule has 0 aliphatic carbocycles. The van der Waals surface area contributed by atoms with E-state index in [2.05, 4.69) is 37.6 Å². The highest BCUT2D eigenvalue weighted by Crippen LogP contribution is 2.35. The molecule has 0 bridgehead atoms. The van der Waals surface area contributed by atoms with E-state index in [-0.39, 0.29) is 42.1 Å². The molecule has 1 spiro atoms. The van der Waals surface area contributed by atoms with Crippen molar-refractivity contribution in [3.63, 3.8) is 0 Å². The summed E-state index contributed by atoms with van der Waals surface area (Å²) in [6, 6.07) is 15.4. The van der Waals surface area contributed by atoms with Crippen molar-refractivity contribution in [1.29, 1.82) is 0 Å². The number of anilines is 1. The van der Waals surface area contributed by atoms with Crippen LogP contribution in [0.1, 0.15) is 23.3 Å². The van der Waals surface area contributed by atoms with E-state index in [9.17, 15) is 9.59 Å².